The first-order valence-electron chi connectivity index (χ1n) is 11.3. The third kappa shape index (κ3) is 5.66. The number of nitrogens with zero attached hydrogens (tertiary/aromatic N) is 4. The highest BCUT2D eigenvalue weighted by Crippen LogP contribution is 2.26. The second-order valence-electron chi connectivity index (χ2n) is 8.20. The smallest absolute Gasteiger partial charge is 0.225 e. The van der Waals surface area contributed by atoms with Crippen LogP contribution in [0.15, 0.2) is 6.20 Å². The summed E-state index contributed by atoms with van der Waals surface area (Å²) in [5, 5.41) is 3.05. The predicted octanol–water partition coefficient (Wildman–Crippen LogP) is 2.95. The Bertz CT molecular complexity index is 623. The van der Waals surface area contributed by atoms with E-state index in [-0.39, 0.29) is 5.91 Å². The fraction of sp³-hybridized carbons (Fsp3) is 0.773. The molecular formula is C22H37N5O. The normalized spacial score (nSPS) is 18.1. The largest absolute Gasteiger partial charge is 0.356 e. The number of unbranched alkanes of at least 4 members (excludes halogenated alkanes) is 1. The molecule has 1 aromatic rings. The maximum absolute atomic E-state index is 11.9. The molecule has 0 spiro atoms. The highest BCUT2D eigenvalue weighted by Gasteiger charge is 2.28. The van der Waals surface area contributed by atoms with Crippen molar-refractivity contribution in [2.75, 3.05) is 37.6 Å². The molecule has 0 radical (unpaired) electrons. The maximum Gasteiger partial charge on any atom is 0.225 e. The average Bonchev–Trinajstić information content (AvgIpc) is 2.67. The first-order valence-corrected chi connectivity index (χ1v) is 11.3. The van der Waals surface area contributed by atoms with Crippen molar-refractivity contribution in [2.45, 2.75) is 77.7 Å². The second kappa shape index (κ2) is 10.7. The Hall–Kier alpha value is -1.69. The van der Waals surface area contributed by atoms with E-state index in [2.05, 4.69) is 33.9 Å². The average molecular weight is 388 g/mol. The van der Waals surface area contributed by atoms with E-state index < -0.39 is 0 Å². The molecule has 1 aromatic heterocycles. The Morgan fingerprint density at radius 2 is 1.93 bits per heavy atom. The van der Waals surface area contributed by atoms with Crippen LogP contribution in [0, 0.1) is 0 Å². The van der Waals surface area contributed by atoms with E-state index in [0.717, 1.165) is 76.0 Å². The lowest BCUT2D eigenvalue weighted by Gasteiger charge is -2.43. The minimum absolute atomic E-state index is 0.153. The van der Waals surface area contributed by atoms with Crippen molar-refractivity contribution in [1.29, 1.82) is 0 Å². The summed E-state index contributed by atoms with van der Waals surface area (Å²) in [6.07, 6.45) is 11.6. The van der Waals surface area contributed by atoms with Gasteiger partial charge >= 0.3 is 0 Å². The van der Waals surface area contributed by atoms with Gasteiger partial charge in [0.05, 0.1) is 5.69 Å². The molecule has 0 atom stereocenters. The van der Waals surface area contributed by atoms with Gasteiger partial charge in [-0.1, -0.05) is 33.1 Å². The molecule has 1 saturated carbocycles. The minimum Gasteiger partial charge on any atom is -0.356 e. The number of nitrogens with one attached hydrogen (secondary N) is 1. The van der Waals surface area contributed by atoms with Gasteiger partial charge in [-0.05, 0) is 31.2 Å². The van der Waals surface area contributed by atoms with Gasteiger partial charge in [-0.25, -0.2) is 9.97 Å². The Morgan fingerprint density at radius 1 is 1.14 bits per heavy atom. The number of hydrogen-bond acceptors (Lipinski definition) is 5. The minimum atomic E-state index is 0.153. The van der Waals surface area contributed by atoms with Crippen LogP contribution in [-0.4, -0.2) is 59.5 Å². The number of amides is 1. The summed E-state index contributed by atoms with van der Waals surface area (Å²) >= 11 is 0. The Morgan fingerprint density at radius 3 is 2.57 bits per heavy atom. The summed E-state index contributed by atoms with van der Waals surface area (Å²) < 4.78 is 0. The van der Waals surface area contributed by atoms with Crippen LogP contribution in [0.1, 0.15) is 70.1 Å². The number of carbonyl (C=O) groups is 1. The summed E-state index contributed by atoms with van der Waals surface area (Å²) in [5.41, 5.74) is 2.33. The lowest BCUT2D eigenvalue weighted by Crippen LogP contribution is -2.52. The van der Waals surface area contributed by atoms with Crippen molar-refractivity contribution >= 4 is 11.9 Å². The molecule has 0 unspecified atom stereocenters. The van der Waals surface area contributed by atoms with Crippen molar-refractivity contribution in [1.82, 2.24) is 20.2 Å². The van der Waals surface area contributed by atoms with Crippen molar-refractivity contribution in [3.8, 4) is 0 Å². The van der Waals surface area contributed by atoms with E-state index in [4.69, 9.17) is 4.98 Å². The van der Waals surface area contributed by atoms with Crippen LogP contribution >= 0.6 is 0 Å². The van der Waals surface area contributed by atoms with Crippen molar-refractivity contribution in [3.05, 3.63) is 17.5 Å². The molecule has 1 N–H and O–H groups in total. The number of rotatable bonds is 10. The van der Waals surface area contributed by atoms with E-state index >= 15 is 0 Å². The Kier molecular flexibility index (Phi) is 8.07. The molecule has 2 heterocycles. The molecule has 156 valence electrons. The zero-order valence-electron chi connectivity index (χ0n) is 17.8. The summed E-state index contributed by atoms with van der Waals surface area (Å²) in [6, 6.07) is 0.821. The topological polar surface area (TPSA) is 61.4 Å². The number of carbonyl (C=O) groups excluding carboxylic acids is 1. The van der Waals surface area contributed by atoms with Crippen LogP contribution in [0.2, 0.25) is 0 Å². The molecule has 28 heavy (non-hydrogen) atoms. The van der Waals surface area contributed by atoms with Gasteiger partial charge in [0.15, 0.2) is 0 Å². The van der Waals surface area contributed by atoms with Gasteiger partial charge in [0.25, 0.3) is 0 Å². The first-order chi connectivity index (χ1) is 13.7. The number of aromatic nitrogens is 2. The highest BCUT2D eigenvalue weighted by atomic mass is 16.1. The number of anilines is 1. The summed E-state index contributed by atoms with van der Waals surface area (Å²) in [4.78, 5) is 26.4. The molecule has 1 saturated heterocycles. The van der Waals surface area contributed by atoms with Crippen LogP contribution < -0.4 is 10.2 Å². The molecule has 1 aliphatic heterocycles. The monoisotopic (exact) mass is 387 g/mol. The fourth-order valence-corrected chi connectivity index (χ4v) is 4.06. The Balaban J connectivity index is 1.56. The third-order valence-electron chi connectivity index (χ3n) is 6.09. The van der Waals surface area contributed by atoms with Crippen molar-refractivity contribution < 1.29 is 4.79 Å². The van der Waals surface area contributed by atoms with Gasteiger partial charge in [-0.2, -0.15) is 0 Å². The third-order valence-corrected chi connectivity index (χ3v) is 6.09. The number of hydrogen-bond donors (Lipinski definition) is 1. The van der Waals surface area contributed by atoms with E-state index in [0.29, 0.717) is 13.0 Å². The fourth-order valence-electron chi connectivity index (χ4n) is 4.06. The zero-order chi connectivity index (χ0) is 19.8. The summed E-state index contributed by atoms with van der Waals surface area (Å²) in [7, 11) is 0. The van der Waals surface area contributed by atoms with Gasteiger partial charge < -0.3 is 10.2 Å². The zero-order valence-corrected chi connectivity index (χ0v) is 17.8. The quantitative estimate of drug-likeness (QED) is 0.669. The molecule has 3 rings (SSSR count). The maximum atomic E-state index is 11.9. The van der Waals surface area contributed by atoms with E-state index in [1.807, 2.05) is 6.20 Å². The lowest BCUT2D eigenvalue weighted by atomic mass is 9.91. The van der Waals surface area contributed by atoms with Crippen molar-refractivity contribution in [2.24, 2.45) is 0 Å². The molecular weight excluding hydrogens is 350 g/mol. The van der Waals surface area contributed by atoms with Crippen LogP contribution in [0.25, 0.3) is 0 Å². The van der Waals surface area contributed by atoms with Crippen LogP contribution in [-0.2, 0) is 17.6 Å². The van der Waals surface area contributed by atoms with E-state index in [9.17, 15) is 4.79 Å². The van der Waals surface area contributed by atoms with Gasteiger partial charge in [-0.3, -0.25) is 9.69 Å². The molecule has 2 fully saturated rings. The second-order valence-corrected chi connectivity index (χ2v) is 8.20. The molecule has 6 heteroatoms. The van der Waals surface area contributed by atoms with Crippen LogP contribution in [0.3, 0.4) is 0 Å². The number of aryl methyl sites for hydroxylation is 1. The van der Waals surface area contributed by atoms with Crippen LogP contribution in [0.5, 0.6) is 0 Å². The molecule has 1 aliphatic carbocycles. The van der Waals surface area contributed by atoms with Crippen LogP contribution in [0.4, 0.5) is 5.95 Å². The van der Waals surface area contributed by atoms with Gasteiger partial charge in [-0.15, -0.1) is 0 Å². The predicted molar refractivity (Wildman–Crippen MR) is 114 cm³/mol. The van der Waals surface area contributed by atoms with E-state index in [1.165, 1.54) is 24.8 Å². The number of piperazine rings is 1. The molecule has 0 bridgehead atoms. The summed E-state index contributed by atoms with van der Waals surface area (Å²) in [6.45, 7) is 9.21. The summed E-state index contributed by atoms with van der Waals surface area (Å²) in [5.74, 6) is 1.01. The Labute approximate surface area is 170 Å². The van der Waals surface area contributed by atoms with Gasteiger partial charge in [0.2, 0.25) is 11.9 Å². The van der Waals surface area contributed by atoms with E-state index in [1.54, 1.807) is 0 Å². The molecule has 0 aromatic carbocycles. The van der Waals surface area contributed by atoms with Gasteiger partial charge in [0, 0.05) is 57.8 Å². The van der Waals surface area contributed by atoms with Crippen molar-refractivity contribution in [3.63, 3.8) is 0 Å². The van der Waals surface area contributed by atoms with Gasteiger partial charge in [0.1, 0.15) is 0 Å². The molecule has 1 amide bonds. The lowest BCUT2D eigenvalue weighted by molar-refractivity contribution is -0.121. The SMILES string of the molecule is CCCCC(=O)NCCc1nc(N2CCN(C3CCC3)CC2)ncc1CCC. The standard InChI is InChI=1S/C22H37N5O/c1-3-5-10-21(28)23-12-11-20-18(7-4-2)17-24-22(25-20)27-15-13-26(14-16-27)19-8-6-9-19/h17,19H,3-16H2,1-2H3,(H,23,28). The first kappa shape index (κ1) is 21.0. The molecule has 6 nitrogen and oxygen atoms in total. The highest BCUT2D eigenvalue weighted by molar-refractivity contribution is 5.75. The molecule has 2 aliphatic rings.